The van der Waals surface area contributed by atoms with Gasteiger partial charge in [0, 0.05) is 17.2 Å². The molecule has 130 valence electrons. The minimum Gasteiger partial charge on any atom is -0.452 e. The predicted molar refractivity (Wildman–Crippen MR) is 97.4 cm³/mol. The van der Waals surface area contributed by atoms with E-state index in [1.807, 2.05) is 60.7 Å². The van der Waals surface area contributed by atoms with E-state index in [1.54, 1.807) is 0 Å². The van der Waals surface area contributed by atoms with Gasteiger partial charge in [-0.1, -0.05) is 65.8 Å². The molecule has 1 fully saturated rings. The van der Waals surface area contributed by atoms with Crippen LogP contribution in [0.15, 0.2) is 60.7 Å². The molecule has 26 heavy (non-hydrogen) atoms. The number of aromatic nitrogens is 3. The zero-order valence-corrected chi connectivity index (χ0v) is 14.1. The molecule has 3 aromatic rings. The van der Waals surface area contributed by atoms with Crippen LogP contribution in [-0.2, 0) is 4.79 Å². The Morgan fingerprint density at radius 3 is 2.15 bits per heavy atom. The van der Waals surface area contributed by atoms with Gasteiger partial charge in [-0.25, -0.2) is 0 Å². The van der Waals surface area contributed by atoms with Crippen LogP contribution in [0.1, 0.15) is 12.8 Å². The quantitative estimate of drug-likeness (QED) is 0.743. The van der Waals surface area contributed by atoms with Gasteiger partial charge in [0.05, 0.1) is 0 Å². The molecule has 0 aliphatic heterocycles. The van der Waals surface area contributed by atoms with Crippen LogP contribution in [0, 0.1) is 0 Å². The molecule has 0 saturated heterocycles. The van der Waals surface area contributed by atoms with Crippen LogP contribution in [0.5, 0.6) is 6.01 Å². The third kappa shape index (κ3) is 3.85. The molecule has 0 radical (unpaired) electrons. The SMILES string of the molecule is O=C(COc1nnc(-c2ccccc2)c(-c2ccccc2)n1)NC1CC1. The summed E-state index contributed by atoms with van der Waals surface area (Å²) in [5.74, 6) is -0.163. The first-order chi connectivity index (χ1) is 12.8. The summed E-state index contributed by atoms with van der Waals surface area (Å²) in [7, 11) is 0. The lowest BCUT2D eigenvalue weighted by Crippen LogP contribution is -2.30. The first-order valence-electron chi connectivity index (χ1n) is 8.57. The number of nitrogens with one attached hydrogen (secondary N) is 1. The van der Waals surface area contributed by atoms with Gasteiger partial charge < -0.3 is 10.1 Å². The lowest BCUT2D eigenvalue weighted by molar-refractivity contribution is -0.123. The van der Waals surface area contributed by atoms with E-state index in [4.69, 9.17) is 4.74 Å². The van der Waals surface area contributed by atoms with Crippen molar-refractivity contribution in [1.29, 1.82) is 0 Å². The standard InChI is InChI=1S/C20H18N4O2/c25-17(21-16-11-12-16)13-26-20-22-18(14-7-3-1-4-8-14)19(23-24-20)15-9-5-2-6-10-15/h1-10,16H,11-13H2,(H,21,25). The topological polar surface area (TPSA) is 77.0 Å². The van der Waals surface area contributed by atoms with Crippen LogP contribution >= 0.6 is 0 Å². The average Bonchev–Trinajstić information content (AvgIpc) is 3.51. The summed E-state index contributed by atoms with van der Waals surface area (Å²) in [6.07, 6.45) is 2.07. The Bertz CT molecular complexity index is 896. The largest absolute Gasteiger partial charge is 0.452 e. The van der Waals surface area contributed by atoms with E-state index < -0.39 is 0 Å². The fourth-order valence-electron chi connectivity index (χ4n) is 2.59. The number of ether oxygens (including phenoxy) is 1. The average molecular weight is 346 g/mol. The van der Waals surface area contributed by atoms with E-state index in [0.717, 1.165) is 24.0 Å². The van der Waals surface area contributed by atoms with Gasteiger partial charge in [-0.15, -0.1) is 5.10 Å². The lowest BCUT2D eigenvalue weighted by Gasteiger charge is -2.10. The molecule has 0 spiro atoms. The van der Waals surface area contributed by atoms with Gasteiger partial charge in [0.15, 0.2) is 6.61 Å². The zero-order valence-electron chi connectivity index (χ0n) is 14.1. The maximum Gasteiger partial charge on any atom is 0.336 e. The number of carbonyl (C=O) groups excluding carboxylic acids is 1. The summed E-state index contributed by atoms with van der Waals surface area (Å²) in [6, 6.07) is 19.9. The van der Waals surface area contributed by atoms with E-state index in [1.165, 1.54) is 0 Å². The Balaban J connectivity index is 1.62. The van der Waals surface area contributed by atoms with Gasteiger partial charge in [0.2, 0.25) is 0 Å². The Morgan fingerprint density at radius 2 is 1.54 bits per heavy atom. The molecular formula is C20H18N4O2. The van der Waals surface area contributed by atoms with Gasteiger partial charge in [-0.2, -0.15) is 4.98 Å². The number of amides is 1. The number of nitrogens with zero attached hydrogens (tertiary/aromatic N) is 3. The number of benzene rings is 2. The maximum absolute atomic E-state index is 11.8. The summed E-state index contributed by atoms with van der Waals surface area (Å²) >= 11 is 0. The monoisotopic (exact) mass is 346 g/mol. The van der Waals surface area contributed by atoms with Crippen molar-refractivity contribution in [2.45, 2.75) is 18.9 Å². The van der Waals surface area contributed by atoms with Crippen LogP contribution in [0.3, 0.4) is 0 Å². The molecule has 1 heterocycles. The van der Waals surface area contributed by atoms with Crippen molar-refractivity contribution in [1.82, 2.24) is 20.5 Å². The molecule has 1 amide bonds. The van der Waals surface area contributed by atoms with E-state index in [-0.39, 0.29) is 18.5 Å². The van der Waals surface area contributed by atoms with Crippen molar-refractivity contribution in [3.8, 4) is 28.5 Å². The van der Waals surface area contributed by atoms with E-state index >= 15 is 0 Å². The number of hydrogen-bond donors (Lipinski definition) is 1. The normalized spacial score (nSPS) is 13.2. The molecule has 4 rings (SSSR count). The molecule has 2 aromatic carbocycles. The summed E-state index contributed by atoms with van der Waals surface area (Å²) in [5.41, 5.74) is 3.17. The first kappa shape index (κ1) is 16.2. The Morgan fingerprint density at radius 1 is 0.923 bits per heavy atom. The number of rotatable bonds is 6. The van der Waals surface area contributed by atoms with Crippen molar-refractivity contribution < 1.29 is 9.53 Å². The Hall–Kier alpha value is -3.28. The first-order valence-corrected chi connectivity index (χ1v) is 8.57. The smallest absolute Gasteiger partial charge is 0.336 e. The molecule has 0 unspecified atom stereocenters. The molecule has 1 N–H and O–H groups in total. The van der Waals surface area contributed by atoms with E-state index in [2.05, 4.69) is 20.5 Å². The second-order valence-electron chi connectivity index (χ2n) is 6.15. The molecule has 1 aliphatic carbocycles. The van der Waals surface area contributed by atoms with Gasteiger partial charge in [0.25, 0.3) is 5.91 Å². The molecule has 1 aromatic heterocycles. The minimum atomic E-state index is -0.163. The third-order valence-electron chi connectivity index (χ3n) is 4.04. The Labute approximate surface area is 151 Å². The molecule has 0 atom stereocenters. The lowest BCUT2D eigenvalue weighted by atomic mass is 10.0. The second-order valence-corrected chi connectivity index (χ2v) is 6.15. The number of carbonyl (C=O) groups is 1. The number of hydrogen-bond acceptors (Lipinski definition) is 5. The predicted octanol–water partition coefficient (Wildman–Crippen LogP) is 2.86. The third-order valence-corrected chi connectivity index (χ3v) is 4.04. The fourth-order valence-corrected chi connectivity index (χ4v) is 2.59. The van der Waals surface area contributed by atoms with E-state index in [9.17, 15) is 4.79 Å². The molecule has 1 saturated carbocycles. The molecule has 6 nitrogen and oxygen atoms in total. The van der Waals surface area contributed by atoms with Crippen LogP contribution in [-0.4, -0.2) is 33.7 Å². The van der Waals surface area contributed by atoms with Crippen molar-refractivity contribution in [2.75, 3.05) is 6.61 Å². The Kier molecular flexibility index (Phi) is 4.55. The van der Waals surface area contributed by atoms with Crippen LogP contribution < -0.4 is 10.1 Å². The summed E-state index contributed by atoms with van der Waals surface area (Å²) in [6.45, 7) is -0.114. The highest BCUT2D eigenvalue weighted by molar-refractivity contribution is 5.78. The van der Waals surface area contributed by atoms with Gasteiger partial charge in [-0.3, -0.25) is 4.79 Å². The van der Waals surface area contributed by atoms with Gasteiger partial charge in [-0.05, 0) is 12.8 Å². The summed E-state index contributed by atoms with van der Waals surface area (Å²) in [4.78, 5) is 16.3. The minimum absolute atomic E-state index is 0.0921. The summed E-state index contributed by atoms with van der Waals surface area (Å²) < 4.78 is 5.45. The molecule has 0 bridgehead atoms. The molecule has 1 aliphatic rings. The van der Waals surface area contributed by atoms with Crippen LogP contribution in [0.25, 0.3) is 22.5 Å². The molecular weight excluding hydrogens is 328 g/mol. The van der Waals surface area contributed by atoms with Crippen molar-refractivity contribution in [3.63, 3.8) is 0 Å². The van der Waals surface area contributed by atoms with E-state index in [0.29, 0.717) is 17.4 Å². The molecule has 6 heteroatoms. The van der Waals surface area contributed by atoms with Crippen LogP contribution in [0.4, 0.5) is 0 Å². The highest BCUT2D eigenvalue weighted by Crippen LogP contribution is 2.29. The van der Waals surface area contributed by atoms with Gasteiger partial charge in [0.1, 0.15) is 11.4 Å². The highest BCUT2D eigenvalue weighted by atomic mass is 16.5. The van der Waals surface area contributed by atoms with Crippen molar-refractivity contribution in [2.24, 2.45) is 0 Å². The van der Waals surface area contributed by atoms with Crippen molar-refractivity contribution >= 4 is 5.91 Å². The summed E-state index contributed by atoms with van der Waals surface area (Å²) in [5, 5.41) is 11.2. The fraction of sp³-hybridized carbons (Fsp3) is 0.200. The second kappa shape index (κ2) is 7.31. The highest BCUT2D eigenvalue weighted by Gasteiger charge is 2.23. The zero-order chi connectivity index (χ0) is 17.8. The maximum atomic E-state index is 11.8. The van der Waals surface area contributed by atoms with Gasteiger partial charge >= 0.3 is 6.01 Å². The van der Waals surface area contributed by atoms with Crippen molar-refractivity contribution in [3.05, 3.63) is 60.7 Å². The van der Waals surface area contributed by atoms with Crippen LogP contribution in [0.2, 0.25) is 0 Å².